The molecule has 0 aliphatic carbocycles. The molecule has 0 atom stereocenters. The van der Waals surface area contributed by atoms with Gasteiger partial charge in [0.2, 0.25) is 0 Å². The molecule has 0 spiro atoms. The van der Waals surface area contributed by atoms with Crippen molar-refractivity contribution in [2.24, 2.45) is 0 Å². The normalized spacial score (nSPS) is 11.3. The van der Waals surface area contributed by atoms with E-state index < -0.39 is 0 Å². The molecule has 0 saturated carbocycles. The van der Waals surface area contributed by atoms with Crippen LogP contribution in [0.2, 0.25) is 0 Å². The summed E-state index contributed by atoms with van der Waals surface area (Å²) in [6, 6.07) is 63.7. The first kappa shape index (κ1) is 31.1. The lowest BCUT2D eigenvalue weighted by Gasteiger charge is -2.17. The van der Waals surface area contributed by atoms with Crippen LogP contribution >= 0.6 is 0 Å². The molecule has 0 bridgehead atoms. The number of para-hydroxylation sites is 2. The lowest BCUT2D eigenvalue weighted by molar-refractivity contribution is 1.16. The van der Waals surface area contributed by atoms with Gasteiger partial charge in [0.05, 0.1) is 40.9 Å². The van der Waals surface area contributed by atoms with Crippen molar-refractivity contribution in [3.8, 4) is 44.8 Å². The van der Waals surface area contributed by atoms with Gasteiger partial charge in [0.25, 0.3) is 0 Å². The Morgan fingerprint density at radius 1 is 0.333 bits per heavy atom. The molecule has 10 rings (SSSR count). The van der Waals surface area contributed by atoms with Crippen LogP contribution in [0.3, 0.4) is 0 Å². The maximum absolute atomic E-state index is 7.92. The van der Waals surface area contributed by atoms with Crippen LogP contribution in [0.1, 0.15) is 0 Å². The fourth-order valence-electron chi connectivity index (χ4n) is 8.06. The standard InChI is InChI=1S/C50H30N4/c1-51-38-26-37(27-39(30-38)52-2)42-31-45-41-20-12-13-21-46(41)53(40-18-10-5-11-19-40)50(45)32-49(42)54-47-24-22-35(33-14-6-3-7-15-33)28-43(47)44-29-36(23-25-48(44)54)34-16-8-4-9-17-34/h3-32H. The molecule has 0 aliphatic heterocycles. The lowest BCUT2D eigenvalue weighted by atomic mass is 9.98. The van der Waals surface area contributed by atoms with E-state index in [1.807, 2.05) is 18.2 Å². The molecular formula is C50H30N4. The zero-order chi connectivity index (χ0) is 36.2. The Balaban J connectivity index is 1.36. The Labute approximate surface area is 312 Å². The van der Waals surface area contributed by atoms with Crippen LogP contribution in [0.25, 0.3) is 98.1 Å². The van der Waals surface area contributed by atoms with Gasteiger partial charge in [0.1, 0.15) is 0 Å². The molecule has 0 N–H and O–H groups in total. The third kappa shape index (κ3) is 4.98. The summed E-state index contributed by atoms with van der Waals surface area (Å²) in [5.74, 6) is 0. The number of hydrogen-bond acceptors (Lipinski definition) is 0. The Morgan fingerprint density at radius 2 is 0.833 bits per heavy atom. The second-order valence-corrected chi connectivity index (χ2v) is 13.6. The number of aromatic nitrogens is 2. The van der Waals surface area contributed by atoms with Crippen LogP contribution < -0.4 is 0 Å². The lowest BCUT2D eigenvalue weighted by Crippen LogP contribution is -2.00. The summed E-state index contributed by atoms with van der Waals surface area (Å²) in [6.07, 6.45) is 0. The molecule has 4 heteroatoms. The van der Waals surface area contributed by atoms with Gasteiger partial charge in [-0.05, 0) is 82.4 Å². The highest BCUT2D eigenvalue weighted by Gasteiger charge is 2.22. The van der Waals surface area contributed by atoms with Crippen LogP contribution in [0.4, 0.5) is 11.4 Å². The molecule has 4 nitrogen and oxygen atoms in total. The molecular weight excluding hydrogens is 657 g/mol. The van der Waals surface area contributed by atoms with E-state index >= 15 is 0 Å². The fourth-order valence-corrected chi connectivity index (χ4v) is 8.06. The third-order valence-corrected chi connectivity index (χ3v) is 10.5. The summed E-state index contributed by atoms with van der Waals surface area (Å²) < 4.78 is 4.71. The second kappa shape index (κ2) is 12.5. The van der Waals surface area contributed by atoms with Crippen molar-refractivity contribution >= 4 is 55.0 Å². The van der Waals surface area contributed by atoms with Gasteiger partial charge in [-0.15, -0.1) is 0 Å². The van der Waals surface area contributed by atoms with Crippen molar-refractivity contribution in [1.29, 1.82) is 0 Å². The van der Waals surface area contributed by atoms with Crippen molar-refractivity contribution in [1.82, 2.24) is 9.13 Å². The number of rotatable bonds is 5. The highest BCUT2D eigenvalue weighted by molar-refractivity contribution is 6.15. The van der Waals surface area contributed by atoms with Crippen molar-refractivity contribution in [3.05, 3.63) is 205 Å². The maximum atomic E-state index is 7.92. The topological polar surface area (TPSA) is 18.6 Å². The first-order valence-corrected chi connectivity index (χ1v) is 17.9. The molecule has 250 valence electrons. The van der Waals surface area contributed by atoms with Crippen molar-refractivity contribution in [2.75, 3.05) is 0 Å². The van der Waals surface area contributed by atoms with Gasteiger partial charge in [-0.25, -0.2) is 9.69 Å². The molecule has 0 radical (unpaired) electrons. The molecule has 2 heterocycles. The average Bonchev–Trinajstić information content (AvgIpc) is 3.75. The SMILES string of the molecule is [C-]#[N+]c1cc([N+]#[C-])cc(-c2cc3c4ccccc4n(-c4ccccc4)c3cc2-n2c3ccc(-c4ccccc4)cc3c3cc(-c4ccccc4)ccc32)c1. The molecule has 0 amide bonds. The van der Waals surface area contributed by atoms with Crippen LogP contribution in [-0.2, 0) is 0 Å². The minimum atomic E-state index is 0.443. The number of nitrogens with zero attached hydrogens (tertiary/aromatic N) is 4. The second-order valence-electron chi connectivity index (χ2n) is 13.6. The highest BCUT2D eigenvalue weighted by Crippen LogP contribution is 2.44. The van der Waals surface area contributed by atoms with E-state index in [1.54, 1.807) is 6.07 Å². The van der Waals surface area contributed by atoms with E-state index in [2.05, 4.69) is 177 Å². The zero-order valence-corrected chi connectivity index (χ0v) is 29.1. The van der Waals surface area contributed by atoms with Gasteiger partial charge >= 0.3 is 0 Å². The van der Waals surface area contributed by atoms with Gasteiger partial charge in [-0.2, -0.15) is 0 Å². The minimum absolute atomic E-state index is 0.443. The van der Waals surface area contributed by atoms with E-state index in [0.29, 0.717) is 11.4 Å². The summed E-state index contributed by atoms with van der Waals surface area (Å²) >= 11 is 0. The van der Waals surface area contributed by atoms with Crippen molar-refractivity contribution < 1.29 is 0 Å². The molecule has 0 unspecified atom stereocenters. The summed E-state index contributed by atoms with van der Waals surface area (Å²) in [7, 11) is 0. The van der Waals surface area contributed by atoms with E-state index in [1.165, 1.54) is 0 Å². The maximum Gasteiger partial charge on any atom is 0.177 e. The summed E-state index contributed by atoms with van der Waals surface area (Å²) in [5.41, 5.74) is 13.7. The minimum Gasteiger partial charge on any atom is -0.309 e. The molecule has 0 aliphatic rings. The van der Waals surface area contributed by atoms with E-state index in [0.717, 1.165) is 88.4 Å². The summed E-state index contributed by atoms with van der Waals surface area (Å²) in [6.45, 7) is 15.8. The monoisotopic (exact) mass is 686 g/mol. The smallest absolute Gasteiger partial charge is 0.177 e. The van der Waals surface area contributed by atoms with Crippen LogP contribution in [0.5, 0.6) is 0 Å². The summed E-state index contributed by atoms with van der Waals surface area (Å²) in [4.78, 5) is 7.57. The van der Waals surface area contributed by atoms with Crippen LogP contribution in [0.15, 0.2) is 182 Å². The Bertz CT molecular complexity index is 3030. The largest absolute Gasteiger partial charge is 0.309 e. The van der Waals surface area contributed by atoms with Gasteiger partial charge in [-0.1, -0.05) is 127 Å². The summed E-state index contributed by atoms with van der Waals surface area (Å²) in [5, 5.41) is 4.54. The van der Waals surface area contributed by atoms with E-state index in [4.69, 9.17) is 13.1 Å². The number of fused-ring (bicyclic) bond motifs is 6. The van der Waals surface area contributed by atoms with E-state index in [-0.39, 0.29) is 0 Å². The molecule has 54 heavy (non-hydrogen) atoms. The zero-order valence-electron chi connectivity index (χ0n) is 29.1. The highest BCUT2D eigenvalue weighted by atomic mass is 15.0. The van der Waals surface area contributed by atoms with Crippen LogP contribution in [-0.4, -0.2) is 9.13 Å². The number of hydrogen-bond donors (Lipinski definition) is 0. The Kier molecular flexibility index (Phi) is 7.22. The van der Waals surface area contributed by atoms with Gasteiger partial charge in [0, 0.05) is 32.8 Å². The predicted octanol–water partition coefficient (Wildman–Crippen LogP) is 14.0. The van der Waals surface area contributed by atoms with Gasteiger partial charge < -0.3 is 9.13 Å². The molecule has 0 saturated heterocycles. The van der Waals surface area contributed by atoms with Crippen LogP contribution in [0, 0.1) is 13.1 Å². The molecule has 8 aromatic carbocycles. The first-order chi connectivity index (χ1) is 26.7. The average molecular weight is 687 g/mol. The fraction of sp³-hybridized carbons (Fsp3) is 0. The van der Waals surface area contributed by atoms with E-state index in [9.17, 15) is 0 Å². The number of benzene rings is 8. The van der Waals surface area contributed by atoms with Crippen molar-refractivity contribution in [2.45, 2.75) is 0 Å². The third-order valence-electron chi connectivity index (χ3n) is 10.5. The molecule has 10 aromatic rings. The van der Waals surface area contributed by atoms with Gasteiger partial charge in [-0.3, -0.25) is 0 Å². The molecule has 0 fully saturated rings. The molecule has 2 aromatic heterocycles. The Morgan fingerprint density at radius 3 is 1.41 bits per heavy atom. The quantitative estimate of drug-likeness (QED) is 0.161. The van der Waals surface area contributed by atoms with Crippen molar-refractivity contribution in [3.63, 3.8) is 0 Å². The van der Waals surface area contributed by atoms with Gasteiger partial charge in [0.15, 0.2) is 11.4 Å². The first-order valence-electron chi connectivity index (χ1n) is 17.9. The Hall–Kier alpha value is -7.66. The predicted molar refractivity (Wildman–Crippen MR) is 224 cm³/mol.